The molecular weight excluding hydrogens is 529 g/mol. The average molecular weight is 547 g/mol. The smallest absolute Gasteiger partial charge is 0.264 e. The molecule has 0 spiro atoms. The predicted molar refractivity (Wildman–Crippen MR) is 126 cm³/mol. The van der Waals surface area contributed by atoms with Gasteiger partial charge >= 0.3 is 0 Å². The third kappa shape index (κ3) is 4.03. The van der Waals surface area contributed by atoms with Gasteiger partial charge < -0.3 is 9.26 Å². The number of carbonyl (C=O) groups excluding carboxylic acids is 2. The summed E-state index contributed by atoms with van der Waals surface area (Å²) in [5, 5.41) is 3.98. The zero-order valence-corrected chi connectivity index (χ0v) is 20.4. The van der Waals surface area contributed by atoms with Crippen LogP contribution in [0.3, 0.4) is 0 Å². The average Bonchev–Trinajstić information content (AvgIpc) is 3.37. The molecular formula is C24H18BrClFN3O4. The van der Waals surface area contributed by atoms with Crippen molar-refractivity contribution in [3.8, 4) is 17.1 Å². The summed E-state index contributed by atoms with van der Waals surface area (Å²) in [6.07, 6.45) is 2.70. The summed E-state index contributed by atoms with van der Waals surface area (Å²) in [5.74, 6) is -1.09. The van der Waals surface area contributed by atoms with Crippen molar-refractivity contribution in [3.05, 3.63) is 68.2 Å². The van der Waals surface area contributed by atoms with Crippen molar-refractivity contribution in [2.45, 2.75) is 39.2 Å². The molecule has 0 bridgehead atoms. The van der Waals surface area contributed by atoms with Crippen molar-refractivity contribution in [3.63, 3.8) is 0 Å². The molecule has 0 atom stereocenters. The van der Waals surface area contributed by atoms with Crippen molar-refractivity contribution in [2.75, 3.05) is 4.90 Å². The van der Waals surface area contributed by atoms with Gasteiger partial charge in [-0.05, 0) is 62.4 Å². The molecule has 0 radical (unpaired) electrons. The van der Waals surface area contributed by atoms with Gasteiger partial charge in [0.05, 0.1) is 10.7 Å². The lowest BCUT2D eigenvalue weighted by Crippen LogP contribution is -2.32. The fraction of sp³-hybridized carbons (Fsp3) is 0.250. The van der Waals surface area contributed by atoms with Crippen LogP contribution in [-0.4, -0.2) is 22.0 Å². The Morgan fingerprint density at radius 1 is 1.15 bits per heavy atom. The van der Waals surface area contributed by atoms with Crippen LogP contribution in [0.5, 0.6) is 5.75 Å². The Bertz CT molecular complexity index is 1340. The number of halogens is 3. The zero-order valence-electron chi connectivity index (χ0n) is 18.0. The maximum Gasteiger partial charge on any atom is 0.264 e. The van der Waals surface area contributed by atoms with E-state index in [-0.39, 0.29) is 29.0 Å². The summed E-state index contributed by atoms with van der Waals surface area (Å²) >= 11 is 9.59. The van der Waals surface area contributed by atoms with Crippen molar-refractivity contribution < 1.29 is 23.2 Å². The normalized spacial score (nSPS) is 15.8. The molecule has 0 fully saturated rings. The fourth-order valence-corrected chi connectivity index (χ4v) is 4.88. The Labute approximate surface area is 207 Å². The van der Waals surface area contributed by atoms with Crippen LogP contribution in [0.4, 0.5) is 10.1 Å². The van der Waals surface area contributed by atoms with Gasteiger partial charge in [-0.2, -0.15) is 4.98 Å². The SMILES string of the molecule is Cc1cc(Br)ccc1-c1noc(COc2cc(N3C(=O)C4=C(CCCC4)C3=O)c(F)cc2Cl)n1. The van der Waals surface area contributed by atoms with Crippen LogP contribution < -0.4 is 9.64 Å². The molecule has 5 rings (SSSR count). The van der Waals surface area contributed by atoms with Gasteiger partial charge in [0.15, 0.2) is 6.61 Å². The molecule has 0 saturated heterocycles. The first-order valence-electron chi connectivity index (χ1n) is 10.6. The summed E-state index contributed by atoms with van der Waals surface area (Å²) in [6.45, 7) is 1.80. The van der Waals surface area contributed by atoms with Crippen molar-refractivity contribution >= 4 is 45.0 Å². The van der Waals surface area contributed by atoms with E-state index in [1.807, 2.05) is 25.1 Å². The summed E-state index contributed by atoms with van der Waals surface area (Å²) in [7, 11) is 0. The molecule has 34 heavy (non-hydrogen) atoms. The fourth-order valence-electron chi connectivity index (χ4n) is 4.20. The van der Waals surface area contributed by atoms with E-state index < -0.39 is 17.6 Å². The molecule has 10 heteroatoms. The van der Waals surface area contributed by atoms with Crippen LogP contribution >= 0.6 is 27.5 Å². The highest BCUT2D eigenvalue weighted by molar-refractivity contribution is 9.10. The molecule has 7 nitrogen and oxygen atoms in total. The van der Waals surface area contributed by atoms with E-state index in [0.717, 1.165) is 39.4 Å². The highest BCUT2D eigenvalue weighted by atomic mass is 79.9. The number of hydrogen-bond donors (Lipinski definition) is 0. The minimum Gasteiger partial charge on any atom is -0.482 e. The van der Waals surface area contributed by atoms with E-state index in [4.69, 9.17) is 20.9 Å². The third-order valence-corrected chi connectivity index (χ3v) is 6.67. The molecule has 1 aliphatic heterocycles. The summed E-state index contributed by atoms with van der Waals surface area (Å²) in [5.41, 5.74) is 2.51. The Hall–Kier alpha value is -3.04. The summed E-state index contributed by atoms with van der Waals surface area (Å²) in [4.78, 5) is 30.9. The number of aryl methyl sites for hydroxylation is 1. The molecule has 0 saturated carbocycles. The molecule has 0 unspecified atom stereocenters. The van der Waals surface area contributed by atoms with Crippen LogP contribution in [0.1, 0.15) is 37.1 Å². The van der Waals surface area contributed by atoms with Gasteiger partial charge in [-0.1, -0.05) is 32.7 Å². The lowest BCUT2D eigenvalue weighted by Gasteiger charge is -2.18. The molecule has 3 aromatic rings. The number of imide groups is 1. The molecule has 2 amide bonds. The minimum absolute atomic E-state index is 0.0124. The standard InChI is InChI=1S/C24H18BrClFN3O4/c1-12-8-13(25)6-7-14(12)22-28-21(34-29-22)11-33-20-10-19(18(27)9-17(20)26)30-23(31)15-4-2-3-5-16(15)24(30)32/h6-10H,2-5,11H2,1H3. The topological polar surface area (TPSA) is 85.5 Å². The van der Waals surface area contributed by atoms with Crippen molar-refractivity contribution in [1.29, 1.82) is 0 Å². The zero-order chi connectivity index (χ0) is 24.0. The number of aromatic nitrogens is 2. The predicted octanol–water partition coefficient (Wildman–Crippen LogP) is 5.92. The number of anilines is 1. The van der Waals surface area contributed by atoms with Crippen LogP contribution in [0.15, 0.2) is 50.5 Å². The first kappa shape index (κ1) is 22.7. The molecule has 1 aliphatic carbocycles. The minimum atomic E-state index is -0.787. The second-order valence-corrected chi connectivity index (χ2v) is 9.43. The maximum absolute atomic E-state index is 14.8. The summed E-state index contributed by atoms with van der Waals surface area (Å²) < 4.78 is 26.7. The van der Waals surface area contributed by atoms with Gasteiger partial charge in [-0.3, -0.25) is 9.59 Å². The lowest BCUT2D eigenvalue weighted by molar-refractivity contribution is -0.120. The Morgan fingerprint density at radius 2 is 1.85 bits per heavy atom. The van der Waals surface area contributed by atoms with E-state index in [2.05, 4.69) is 26.1 Å². The Morgan fingerprint density at radius 3 is 2.53 bits per heavy atom. The quantitative estimate of drug-likeness (QED) is 0.369. The van der Waals surface area contributed by atoms with E-state index in [1.54, 1.807) is 0 Å². The molecule has 2 aromatic carbocycles. The van der Waals surface area contributed by atoms with Gasteiger partial charge in [-0.15, -0.1) is 0 Å². The van der Waals surface area contributed by atoms with Gasteiger partial charge in [0.25, 0.3) is 17.7 Å². The molecule has 2 heterocycles. The van der Waals surface area contributed by atoms with E-state index in [0.29, 0.717) is 29.8 Å². The highest BCUT2D eigenvalue weighted by Crippen LogP contribution is 2.39. The Balaban J connectivity index is 1.37. The van der Waals surface area contributed by atoms with Gasteiger partial charge in [-0.25, -0.2) is 9.29 Å². The first-order valence-corrected chi connectivity index (χ1v) is 11.8. The largest absolute Gasteiger partial charge is 0.482 e. The number of rotatable bonds is 5. The number of hydrogen-bond acceptors (Lipinski definition) is 6. The number of ether oxygens (including phenoxy) is 1. The molecule has 0 N–H and O–H groups in total. The third-order valence-electron chi connectivity index (χ3n) is 5.88. The monoisotopic (exact) mass is 545 g/mol. The highest BCUT2D eigenvalue weighted by Gasteiger charge is 2.41. The molecule has 1 aromatic heterocycles. The van der Waals surface area contributed by atoms with Crippen LogP contribution in [0, 0.1) is 12.7 Å². The van der Waals surface area contributed by atoms with Gasteiger partial charge in [0, 0.05) is 27.2 Å². The van der Waals surface area contributed by atoms with E-state index >= 15 is 0 Å². The van der Waals surface area contributed by atoms with Crippen LogP contribution in [0.25, 0.3) is 11.4 Å². The van der Waals surface area contributed by atoms with E-state index in [9.17, 15) is 14.0 Å². The number of nitrogens with zero attached hydrogens (tertiary/aromatic N) is 3. The lowest BCUT2D eigenvalue weighted by atomic mass is 9.93. The van der Waals surface area contributed by atoms with Gasteiger partial charge in [0.2, 0.25) is 5.82 Å². The van der Waals surface area contributed by atoms with Crippen molar-refractivity contribution in [2.24, 2.45) is 0 Å². The van der Waals surface area contributed by atoms with Crippen LogP contribution in [-0.2, 0) is 16.2 Å². The maximum atomic E-state index is 14.8. The van der Waals surface area contributed by atoms with Crippen molar-refractivity contribution in [1.82, 2.24) is 10.1 Å². The number of amides is 2. The molecule has 174 valence electrons. The first-order chi connectivity index (χ1) is 16.3. The summed E-state index contributed by atoms with van der Waals surface area (Å²) in [6, 6.07) is 7.96. The molecule has 2 aliphatic rings. The van der Waals surface area contributed by atoms with Crippen LogP contribution in [0.2, 0.25) is 5.02 Å². The van der Waals surface area contributed by atoms with E-state index in [1.165, 1.54) is 6.07 Å². The number of benzene rings is 2. The number of carbonyl (C=O) groups is 2. The second-order valence-electron chi connectivity index (χ2n) is 8.10. The second kappa shape index (κ2) is 8.96. The Kier molecular flexibility index (Phi) is 5.99. The van der Waals surface area contributed by atoms with Gasteiger partial charge in [0.1, 0.15) is 11.6 Å².